The molecule has 0 saturated carbocycles. The lowest BCUT2D eigenvalue weighted by Gasteiger charge is -2.26. The van der Waals surface area contributed by atoms with Crippen LogP contribution in [0.4, 0.5) is 5.69 Å². The maximum atomic E-state index is 13.4. The number of rotatable bonds is 5. The third-order valence-electron chi connectivity index (χ3n) is 6.21. The fraction of sp³-hybridized carbons (Fsp3) is 0.550. The average molecular weight is 407 g/mol. The molecule has 3 amide bonds. The Hall–Kier alpha value is -1.96. The second kappa shape index (κ2) is 6.83. The third-order valence-corrected chi connectivity index (χ3v) is 6.52. The molecule has 2 saturated heterocycles. The summed E-state index contributed by atoms with van der Waals surface area (Å²) in [6.07, 6.45) is 0.739. The van der Waals surface area contributed by atoms with Crippen molar-refractivity contribution in [2.45, 2.75) is 31.8 Å². The van der Waals surface area contributed by atoms with Gasteiger partial charge in [0.25, 0.3) is 5.91 Å². The van der Waals surface area contributed by atoms with E-state index in [4.69, 9.17) is 16.3 Å². The molecule has 0 aliphatic carbocycles. The molecule has 150 valence electrons. The molecular weight excluding hydrogens is 382 g/mol. The van der Waals surface area contributed by atoms with Crippen LogP contribution in [0.25, 0.3) is 0 Å². The highest BCUT2D eigenvalue weighted by molar-refractivity contribution is 6.35. The van der Waals surface area contributed by atoms with E-state index in [0.717, 1.165) is 6.42 Å². The molecule has 8 heteroatoms. The molecule has 1 aromatic carbocycles. The molecule has 4 atom stereocenters. The zero-order chi connectivity index (χ0) is 20.2. The second-order valence-electron chi connectivity index (χ2n) is 8.27. The normalized spacial score (nSPS) is 31.1. The van der Waals surface area contributed by atoms with Crippen molar-refractivity contribution in [2.75, 3.05) is 25.6 Å². The Labute approximate surface area is 168 Å². The van der Waals surface area contributed by atoms with Gasteiger partial charge in [0, 0.05) is 19.1 Å². The van der Waals surface area contributed by atoms with Crippen molar-refractivity contribution in [3.8, 4) is 0 Å². The number of fused-ring (bicyclic) bond motifs is 4. The average Bonchev–Trinajstić information content (AvgIpc) is 3.20. The number of methoxy groups -OCH3 is 1. The van der Waals surface area contributed by atoms with Gasteiger partial charge in [0.1, 0.15) is 17.9 Å². The van der Waals surface area contributed by atoms with Crippen LogP contribution >= 0.6 is 11.6 Å². The van der Waals surface area contributed by atoms with Gasteiger partial charge in [-0.1, -0.05) is 31.5 Å². The van der Waals surface area contributed by atoms with Crippen molar-refractivity contribution in [2.24, 2.45) is 17.8 Å². The van der Waals surface area contributed by atoms with Gasteiger partial charge in [-0.05, 0) is 18.1 Å². The van der Waals surface area contributed by atoms with Gasteiger partial charge in [-0.3, -0.25) is 19.3 Å². The number of hydrogen-bond acceptors (Lipinski definition) is 4. The predicted molar refractivity (Wildman–Crippen MR) is 103 cm³/mol. The van der Waals surface area contributed by atoms with Crippen LogP contribution in [0.2, 0.25) is 5.02 Å². The molecule has 4 rings (SSSR count). The molecule has 0 radical (unpaired) electrons. The topological polar surface area (TPSA) is 92.3 Å². The molecule has 1 spiro atoms. The molecular formula is C20H25ClN3O4+. The van der Waals surface area contributed by atoms with E-state index in [1.165, 1.54) is 12.0 Å². The predicted octanol–water partition coefficient (Wildman–Crippen LogP) is 0.727. The summed E-state index contributed by atoms with van der Waals surface area (Å²) in [5, 5.41) is 5.26. The van der Waals surface area contributed by atoms with E-state index < -0.39 is 17.4 Å². The molecule has 3 heterocycles. The summed E-state index contributed by atoms with van der Waals surface area (Å²) >= 11 is 6.32. The highest BCUT2D eigenvalue weighted by Gasteiger charge is 2.74. The number of nitrogens with one attached hydrogen (secondary N) is 1. The van der Waals surface area contributed by atoms with Crippen LogP contribution in [-0.2, 0) is 24.7 Å². The molecule has 3 aliphatic heterocycles. The summed E-state index contributed by atoms with van der Waals surface area (Å²) < 4.78 is 5.07. The number of halogens is 1. The number of imide groups is 1. The molecule has 0 bridgehead atoms. The first-order valence-corrected chi connectivity index (χ1v) is 10.0. The summed E-state index contributed by atoms with van der Waals surface area (Å²) in [7, 11) is 1.53. The Morgan fingerprint density at radius 1 is 1.29 bits per heavy atom. The maximum Gasteiger partial charge on any atom is 0.291 e. The molecule has 0 aromatic heterocycles. The van der Waals surface area contributed by atoms with Crippen LogP contribution in [0, 0.1) is 17.8 Å². The highest BCUT2D eigenvalue weighted by atomic mass is 35.5. The largest absolute Gasteiger partial charge is 0.383 e. The zero-order valence-electron chi connectivity index (χ0n) is 16.2. The fourth-order valence-electron chi connectivity index (χ4n) is 5.18. The van der Waals surface area contributed by atoms with Crippen LogP contribution in [0.15, 0.2) is 18.2 Å². The lowest BCUT2D eigenvalue weighted by atomic mass is 9.76. The number of carbonyl (C=O) groups excluding carboxylic acids is 3. The number of quaternary nitrogens is 1. The van der Waals surface area contributed by atoms with E-state index in [-0.39, 0.29) is 36.9 Å². The number of amides is 3. The van der Waals surface area contributed by atoms with Crippen molar-refractivity contribution in [1.82, 2.24) is 4.90 Å². The highest BCUT2D eigenvalue weighted by Crippen LogP contribution is 2.51. The molecule has 28 heavy (non-hydrogen) atoms. The van der Waals surface area contributed by atoms with Crippen LogP contribution in [0.1, 0.15) is 25.8 Å². The van der Waals surface area contributed by atoms with E-state index in [1.54, 1.807) is 12.1 Å². The van der Waals surface area contributed by atoms with E-state index in [0.29, 0.717) is 22.2 Å². The van der Waals surface area contributed by atoms with Gasteiger partial charge in [-0.25, -0.2) is 0 Å². The van der Waals surface area contributed by atoms with Crippen molar-refractivity contribution >= 4 is 35.0 Å². The second-order valence-corrected chi connectivity index (χ2v) is 8.68. The van der Waals surface area contributed by atoms with Gasteiger partial charge >= 0.3 is 0 Å². The number of carbonyl (C=O) groups is 3. The Kier molecular flexibility index (Phi) is 4.72. The number of nitrogens with two attached hydrogens (primary N) is 1. The minimum absolute atomic E-state index is 0.148. The minimum Gasteiger partial charge on any atom is -0.383 e. The Bertz CT molecular complexity index is 858. The minimum atomic E-state index is -1.15. The molecule has 3 N–H and O–H groups in total. The van der Waals surface area contributed by atoms with Gasteiger partial charge in [-0.2, -0.15) is 0 Å². The fourth-order valence-corrected chi connectivity index (χ4v) is 5.40. The van der Waals surface area contributed by atoms with E-state index >= 15 is 0 Å². The molecule has 2 fully saturated rings. The Morgan fingerprint density at radius 2 is 2.04 bits per heavy atom. The Balaban J connectivity index is 1.84. The lowest BCUT2D eigenvalue weighted by Crippen LogP contribution is -2.99. The first-order valence-electron chi connectivity index (χ1n) is 9.63. The SMILES string of the molecule is COCCN1C(=O)[C@H]2[C@@H](C1=O)[C@@]1([NH2+][C@@H]2CC(C)C)C(=O)Nc2c(Cl)cccc21. The number of anilines is 1. The van der Waals surface area contributed by atoms with E-state index in [1.807, 2.05) is 11.4 Å². The van der Waals surface area contributed by atoms with Gasteiger partial charge in [0.05, 0.1) is 23.9 Å². The lowest BCUT2D eigenvalue weighted by molar-refractivity contribution is -0.734. The number of nitrogens with zero attached hydrogens (tertiary/aromatic N) is 1. The van der Waals surface area contributed by atoms with Crippen molar-refractivity contribution < 1.29 is 24.4 Å². The smallest absolute Gasteiger partial charge is 0.291 e. The van der Waals surface area contributed by atoms with Gasteiger partial charge in [0.2, 0.25) is 17.4 Å². The van der Waals surface area contributed by atoms with Crippen LogP contribution < -0.4 is 10.6 Å². The maximum absolute atomic E-state index is 13.4. The molecule has 1 aromatic rings. The van der Waals surface area contributed by atoms with Gasteiger partial charge < -0.3 is 15.4 Å². The quantitative estimate of drug-likeness (QED) is 0.705. The first-order chi connectivity index (χ1) is 13.3. The van der Waals surface area contributed by atoms with Crippen LogP contribution in [0.3, 0.4) is 0 Å². The van der Waals surface area contributed by atoms with E-state index in [2.05, 4.69) is 19.2 Å². The number of likely N-dealkylation sites (tertiary alicyclic amines) is 1. The molecule has 7 nitrogen and oxygen atoms in total. The third kappa shape index (κ3) is 2.53. The monoisotopic (exact) mass is 406 g/mol. The number of ether oxygens (including phenoxy) is 1. The number of para-hydroxylation sites is 1. The number of benzene rings is 1. The van der Waals surface area contributed by atoms with Gasteiger partial charge in [0.15, 0.2) is 0 Å². The van der Waals surface area contributed by atoms with Gasteiger partial charge in [-0.15, -0.1) is 0 Å². The number of hydrogen-bond donors (Lipinski definition) is 2. The summed E-state index contributed by atoms with van der Waals surface area (Å²) in [5.41, 5.74) is 0.0879. The Morgan fingerprint density at radius 3 is 2.71 bits per heavy atom. The summed E-state index contributed by atoms with van der Waals surface area (Å²) in [6, 6.07) is 5.18. The van der Waals surface area contributed by atoms with Crippen molar-refractivity contribution in [1.29, 1.82) is 0 Å². The molecule has 3 aliphatic rings. The van der Waals surface area contributed by atoms with E-state index in [9.17, 15) is 14.4 Å². The summed E-state index contributed by atoms with van der Waals surface area (Å²) in [4.78, 5) is 41.1. The van der Waals surface area contributed by atoms with Crippen molar-refractivity contribution in [3.05, 3.63) is 28.8 Å². The standard InChI is InChI=1S/C20H24ClN3O4/c1-10(2)9-13-14-15(18(26)24(17(14)25)7-8-28-3)20(23-13)11-5-4-6-12(21)16(11)22-19(20)27/h4-6,10,13-15,23H,7-9H2,1-3H3,(H,22,27)/p+1/t13-,14-,15+,20-/m1/s1. The van der Waals surface area contributed by atoms with Crippen LogP contribution in [-0.4, -0.2) is 48.9 Å². The zero-order valence-corrected chi connectivity index (χ0v) is 17.0. The first kappa shape index (κ1) is 19.4. The van der Waals surface area contributed by atoms with Crippen LogP contribution in [0.5, 0.6) is 0 Å². The summed E-state index contributed by atoms with van der Waals surface area (Å²) in [5.74, 6) is -1.70. The van der Waals surface area contributed by atoms with Crippen molar-refractivity contribution in [3.63, 3.8) is 0 Å². The molecule has 0 unspecified atom stereocenters. The summed E-state index contributed by atoms with van der Waals surface area (Å²) in [6.45, 7) is 4.64.